The first-order valence-electron chi connectivity index (χ1n) is 8.35. The van der Waals surface area contributed by atoms with Crippen molar-refractivity contribution in [2.75, 3.05) is 0 Å². The van der Waals surface area contributed by atoms with Crippen molar-refractivity contribution < 1.29 is 24.4 Å². The van der Waals surface area contributed by atoms with Gasteiger partial charge in [-0.1, -0.05) is 42.5 Å². The molecule has 6 nitrogen and oxygen atoms in total. The van der Waals surface area contributed by atoms with Gasteiger partial charge in [0, 0.05) is 0 Å². The summed E-state index contributed by atoms with van der Waals surface area (Å²) in [5.74, 6) is 0. The van der Waals surface area contributed by atoms with Crippen molar-refractivity contribution in [2.45, 2.75) is 26.4 Å². The van der Waals surface area contributed by atoms with E-state index in [4.69, 9.17) is 9.53 Å². The maximum absolute atomic E-state index is 12.6. The summed E-state index contributed by atoms with van der Waals surface area (Å²) in [6.07, 6.45) is -0.643. The van der Waals surface area contributed by atoms with Crippen LogP contribution in [-0.4, -0.2) is 40.2 Å². The second kappa shape index (κ2) is 8.20. The summed E-state index contributed by atoms with van der Waals surface area (Å²) in [7, 11) is -1.78. The summed E-state index contributed by atoms with van der Waals surface area (Å²) < 4.78 is 6.65. The Kier molecular flexibility index (Phi) is 6.20. The van der Waals surface area contributed by atoms with Crippen LogP contribution in [0.3, 0.4) is 0 Å². The Morgan fingerprint density at radius 2 is 1.63 bits per heavy atom. The molecule has 27 heavy (non-hydrogen) atoms. The highest BCUT2D eigenvalue weighted by atomic mass is 16.6. The zero-order chi connectivity index (χ0) is 20.2. The molecule has 2 N–H and O–H groups in total. The van der Waals surface area contributed by atoms with E-state index in [1.54, 1.807) is 26.8 Å². The van der Waals surface area contributed by atoms with Crippen LogP contribution < -0.4 is 5.59 Å². The summed E-state index contributed by atoms with van der Waals surface area (Å²) in [5.41, 5.74) is 1.89. The third kappa shape index (κ3) is 4.64. The molecule has 0 saturated heterocycles. The van der Waals surface area contributed by atoms with Crippen LogP contribution in [0.25, 0.3) is 22.0 Å². The van der Waals surface area contributed by atoms with E-state index in [2.05, 4.69) is 0 Å². The number of nitrogens with zero attached hydrogens (tertiary/aromatic N) is 1. The molecular formula is C20H22BNO5. The van der Waals surface area contributed by atoms with E-state index in [0.29, 0.717) is 5.52 Å². The fourth-order valence-electron chi connectivity index (χ4n) is 2.73. The fraction of sp³-hybridized carbons (Fsp3) is 0.200. The molecule has 2 aromatic carbocycles. The fourth-order valence-corrected chi connectivity index (χ4v) is 2.73. The zero-order valence-corrected chi connectivity index (χ0v) is 15.5. The predicted octanol–water partition coefficient (Wildman–Crippen LogP) is 2.59. The van der Waals surface area contributed by atoms with Crippen molar-refractivity contribution in [3.8, 4) is 11.1 Å². The van der Waals surface area contributed by atoms with Crippen LogP contribution in [0.5, 0.6) is 0 Å². The molecule has 1 aromatic heterocycles. The number of fused-ring (bicyclic) bond motifs is 1. The van der Waals surface area contributed by atoms with Gasteiger partial charge >= 0.3 is 13.2 Å². The predicted molar refractivity (Wildman–Crippen MR) is 106 cm³/mol. The van der Waals surface area contributed by atoms with Crippen molar-refractivity contribution in [3.63, 3.8) is 0 Å². The summed E-state index contributed by atoms with van der Waals surface area (Å²) in [5, 5.41) is 20.1. The lowest BCUT2D eigenvalue weighted by Gasteiger charge is -2.21. The van der Waals surface area contributed by atoms with Crippen molar-refractivity contribution in [3.05, 3.63) is 54.6 Å². The van der Waals surface area contributed by atoms with Gasteiger partial charge in [0.25, 0.3) is 0 Å². The number of hydrogen-bond donors (Lipinski definition) is 2. The maximum atomic E-state index is 12.6. The lowest BCUT2D eigenvalue weighted by Crippen LogP contribution is -2.41. The summed E-state index contributed by atoms with van der Waals surface area (Å²) in [4.78, 5) is 20.6. The van der Waals surface area contributed by atoms with Crippen LogP contribution >= 0.6 is 0 Å². The molecule has 0 aliphatic heterocycles. The minimum Gasteiger partial charge on any atom is -0.443 e. The second-order valence-electron chi connectivity index (χ2n) is 6.90. The van der Waals surface area contributed by atoms with Gasteiger partial charge in [0.15, 0.2) is 0 Å². The van der Waals surface area contributed by atoms with Crippen LogP contribution in [0.2, 0.25) is 0 Å². The van der Waals surface area contributed by atoms with E-state index >= 15 is 0 Å². The molecule has 3 aromatic rings. The molecule has 0 unspecified atom stereocenters. The van der Waals surface area contributed by atoms with Crippen molar-refractivity contribution in [1.29, 1.82) is 0 Å². The smallest absolute Gasteiger partial charge is 0.443 e. The van der Waals surface area contributed by atoms with Crippen molar-refractivity contribution in [2.24, 2.45) is 0 Å². The maximum Gasteiger partial charge on any atom is 0.506 e. The van der Waals surface area contributed by atoms with Gasteiger partial charge in [-0.3, -0.25) is 4.57 Å². The molecule has 140 valence electrons. The first-order chi connectivity index (χ1) is 12.8. The lowest BCUT2D eigenvalue weighted by molar-refractivity contribution is -0.0980. The quantitative estimate of drug-likeness (QED) is 0.680. The molecule has 0 amide bonds. The summed E-state index contributed by atoms with van der Waals surface area (Å²) in [6, 6.07) is 17.0. The average molecular weight is 367 g/mol. The molecule has 0 aliphatic carbocycles. The molecule has 7 heteroatoms. The Balaban J connectivity index is 0.00000126. The van der Waals surface area contributed by atoms with E-state index in [0.717, 1.165) is 16.5 Å². The normalized spacial score (nSPS) is 10.9. The Morgan fingerprint density at radius 3 is 2.19 bits per heavy atom. The highest BCUT2D eigenvalue weighted by Crippen LogP contribution is 2.25. The standard InChI is InChI=1S/C19H20BNO4.CH2O/c1-19(2,3)25-18(22)21-16-11-14(13-7-5-4-6-8-13)9-10-15(16)12-17(21)20(23)24;1-2/h4-12,23-24H,1-3H3;1H2. The Bertz CT molecular complexity index is 929. The van der Waals surface area contributed by atoms with Gasteiger partial charge in [0.05, 0.1) is 11.1 Å². The molecule has 0 fully saturated rings. The van der Waals surface area contributed by atoms with Gasteiger partial charge in [-0.05, 0) is 49.4 Å². The second-order valence-corrected chi connectivity index (χ2v) is 6.90. The number of rotatable bonds is 2. The van der Waals surface area contributed by atoms with Crippen LogP contribution in [0.15, 0.2) is 54.6 Å². The first kappa shape index (κ1) is 20.4. The molecule has 0 radical (unpaired) electrons. The van der Waals surface area contributed by atoms with Crippen molar-refractivity contribution in [1.82, 2.24) is 4.57 Å². The Labute approximate surface area is 158 Å². The van der Waals surface area contributed by atoms with Gasteiger partial charge in [-0.25, -0.2) is 4.79 Å². The molecule has 0 atom stereocenters. The van der Waals surface area contributed by atoms with E-state index in [1.165, 1.54) is 4.57 Å². The number of carbonyl (C=O) groups excluding carboxylic acids is 2. The van der Waals surface area contributed by atoms with Gasteiger partial charge in [0.1, 0.15) is 12.4 Å². The Morgan fingerprint density at radius 1 is 1.00 bits per heavy atom. The number of aromatic nitrogens is 1. The molecule has 3 rings (SSSR count). The zero-order valence-electron chi connectivity index (χ0n) is 15.5. The largest absolute Gasteiger partial charge is 0.506 e. The van der Waals surface area contributed by atoms with E-state index in [-0.39, 0.29) is 5.59 Å². The SMILES string of the molecule is C=O.CC(C)(C)OC(=O)n1c(B(O)O)cc2ccc(-c3ccccc3)cc21. The molecule has 0 spiro atoms. The van der Waals surface area contributed by atoms with E-state index in [9.17, 15) is 14.8 Å². The molecule has 0 saturated carbocycles. The molecule has 0 aliphatic rings. The monoisotopic (exact) mass is 367 g/mol. The van der Waals surface area contributed by atoms with Gasteiger partial charge < -0.3 is 19.6 Å². The average Bonchev–Trinajstić information content (AvgIpc) is 3.02. The summed E-state index contributed by atoms with van der Waals surface area (Å²) in [6.45, 7) is 7.29. The van der Waals surface area contributed by atoms with E-state index in [1.807, 2.05) is 55.3 Å². The molecule has 1 heterocycles. The van der Waals surface area contributed by atoms with Gasteiger partial charge in [0.2, 0.25) is 0 Å². The number of ether oxygens (including phenoxy) is 1. The minimum absolute atomic E-state index is 0.0782. The summed E-state index contributed by atoms with van der Waals surface area (Å²) >= 11 is 0. The van der Waals surface area contributed by atoms with Gasteiger partial charge in [-0.2, -0.15) is 0 Å². The van der Waals surface area contributed by atoms with Crippen LogP contribution in [0, 0.1) is 0 Å². The third-order valence-electron chi connectivity index (χ3n) is 3.78. The number of hydrogen-bond acceptors (Lipinski definition) is 5. The molecular weight excluding hydrogens is 345 g/mol. The van der Waals surface area contributed by atoms with E-state index < -0.39 is 18.8 Å². The number of carbonyl (C=O) groups is 2. The third-order valence-corrected chi connectivity index (χ3v) is 3.78. The van der Waals surface area contributed by atoms with Crippen molar-refractivity contribution >= 4 is 36.5 Å². The molecule has 0 bridgehead atoms. The van der Waals surface area contributed by atoms with Crippen LogP contribution in [0.4, 0.5) is 4.79 Å². The first-order valence-corrected chi connectivity index (χ1v) is 8.35. The highest BCUT2D eigenvalue weighted by Gasteiger charge is 2.27. The topological polar surface area (TPSA) is 88.8 Å². The van der Waals surface area contributed by atoms with Crippen LogP contribution in [-0.2, 0) is 9.53 Å². The van der Waals surface area contributed by atoms with Gasteiger partial charge in [-0.15, -0.1) is 0 Å². The lowest BCUT2D eigenvalue weighted by atomic mass is 9.86. The minimum atomic E-state index is -1.78. The Hall–Kier alpha value is -2.90. The van der Waals surface area contributed by atoms with Crippen LogP contribution in [0.1, 0.15) is 20.8 Å². The number of benzene rings is 2. The highest BCUT2D eigenvalue weighted by molar-refractivity contribution is 6.59.